The second kappa shape index (κ2) is 7.91. The minimum Gasteiger partial charge on any atom is -0.481 e. The van der Waals surface area contributed by atoms with Crippen molar-refractivity contribution in [1.29, 1.82) is 0 Å². The van der Waals surface area contributed by atoms with Gasteiger partial charge in [-0.25, -0.2) is 0 Å². The van der Waals surface area contributed by atoms with Gasteiger partial charge in [0.25, 0.3) is 11.7 Å². The van der Waals surface area contributed by atoms with Crippen LogP contribution in [0.15, 0.2) is 4.52 Å². The monoisotopic (exact) mass is 309 g/mol. The van der Waals surface area contributed by atoms with Crippen LogP contribution in [0.1, 0.15) is 80.2 Å². The number of carbonyl (C=O) groups excluding carboxylic acids is 1. The van der Waals surface area contributed by atoms with Crippen LogP contribution in [-0.2, 0) is 4.79 Å². The van der Waals surface area contributed by atoms with Crippen LogP contribution < -0.4 is 5.73 Å². The van der Waals surface area contributed by atoms with Gasteiger partial charge in [-0.05, 0) is 25.2 Å². The maximum Gasteiger partial charge on any atom is 0.303 e. The first-order chi connectivity index (χ1) is 10.6. The largest absolute Gasteiger partial charge is 0.481 e. The summed E-state index contributed by atoms with van der Waals surface area (Å²) < 4.78 is 5.16. The number of carboxylic acid groups (broad SMARTS) is 1. The van der Waals surface area contributed by atoms with Gasteiger partial charge in [-0.3, -0.25) is 9.59 Å². The molecule has 1 amide bonds. The van der Waals surface area contributed by atoms with E-state index in [1.54, 1.807) is 0 Å². The Hall–Kier alpha value is -1.92. The lowest BCUT2D eigenvalue weighted by Crippen LogP contribution is -2.16. The Bertz CT molecular complexity index is 515. The summed E-state index contributed by atoms with van der Waals surface area (Å²) in [5.74, 6) is -0.110. The molecule has 1 fully saturated rings. The van der Waals surface area contributed by atoms with E-state index in [1.807, 2.05) is 0 Å². The zero-order chi connectivity index (χ0) is 15.9. The second-order valence-corrected chi connectivity index (χ2v) is 6.04. The van der Waals surface area contributed by atoms with Gasteiger partial charge >= 0.3 is 5.97 Å². The van der Waals surface area contributed by atoms with E-state index in [2.05, 4.69) is 10.1 Å². The molecule has 2 unspecified atom stereocenters. The number of aromatic nitrogens is 2. The van der Waals surface area contributed by atoms with Crippen LogP contribution in [0.3, 0.4) is 0 Å². The molecule has 7 nitrogen and oxygen atoms in total. The standard InChI is InChI=1S/C15H23N3O4/c16-13(21)14-17-15(22-18-14)11-7-4-6-10(9-11)5-2-1-3-8-12(19)20/h10-11H,1-9H2,(H2,16,21)(H,19,20). The minimum atomic E-state index is -0.723. The van der Waals surface area contributed by atoms with E-state index in [4.69, 9.17) is 15.4 Å². The molecule has 1 saturated carbocycles. The van der Waals surface area contributed by atoms with E-state index in [-0.39, 0.29) is 18.2 Å². The molecule has 0 aromatic carbocycles. The van der Waals surface area contributed by atoms with Gasteiger partial charge in [0.15, 0.2) is 0 Å². The SMILES string of the molecule is NC(=O)c1noc(C2CCCC(CCCCCC(=O)O)C2)n1. The minimum absolute atomic E-state index is 0.0502. The number of nitrogens with two attached hydrogens (primary N) is 1. The first-order valence-corrected chi connectivity index (χ1v) is 7.91. The number of aliphatic carboxylic acids is 1. The van der Waals surface area contributed by atoms with Crippen molar-refractivity contribution in [3.05, 3.63) is 11.7 Å². The van der Waals surface area contributed by atoms with Crippen LogP contribution in [0, 0.1) is 5.92 Å². The van der Waals surface area contributed by atoms with Crippen molar-refractivity contribution in [2.24, 2.45) is 11.7 Å². The molecule has 0 spiro atoms. The van der Waals surface area contributed by atoms with E-state index in [1.165, 1.54) is 6.42 Å². The Morgan fingerprint density at radius 1 is 1.27 bits per heavy atom. The summed E-state index contributed by atoms with van der Waals surface area (Å²) in [5.41, 5.74) is 5.13. The Morgan fingerprint density at radius 2 is 2.09 bits per heavy atom. The van der Waals surface area contributed by atoms with E-state index in [0.717, 1.165) is 44.9 Å². The molecule has 1 heterocycles. The molecule has 0 radical (unpaired) electrons. The molecule has 3 N–H and O–H groups in total. The molecular formula is C15H23N3O4. The van der Waals surface area contributed by atoms with Crippen molar-refractivity contribution in [2.45, 2.75) is 63.7 Å². The lowest BCUT2D eigenvalue weighted by Gasteiger charge is -2.26. The van der Waals surface area contributed by atoms with Gasteiger partial charge in [0.05, 0.1) is 0 Å². The van der Waals surface area contributed by atoms with Crippen molar-refractivity contribution in [1.82, 2.24) is 10.1 Å². The topological polar surface area (TPSA) is 119 Å². The highest BCUT2D eigenvalue weighted by Gasteiger charge is 2.27. The number of amides is 1. The Morgan fingerprint density at radius 3 is 2.77 bits per heavy atom. The quantitative estimate of drug-likeness (QED) is 0.712. The fourth-order valence-electron chi connectivity index (χ4n) is 3.16. The molecule has 1 aromatic heterocycles. The van der Waals surface area contributed by atoms with Crippen LogP contribution in [-0.4, -0.2) is 27.1 Å². The number of carboxylic acids is 1. The summed E-state index contributed by atoms with van der Waals surface area (Å²) in [6.45, 7) is 0. The molecule has 0 saturated heterocycles. The molecule has 122 valence electrons. The maximum absolute atomic E-state index is 11.0. The van der Waals surface area contributed by atoms with Gasteiger partial charge in [0.1, 0.15) is 0 Å². The molecule has 1 aliphatic rings. The predicted octanol–water partition coefficient (Wildman–Crippen LogP) is 2.48. The van der Waals surface area contributed by atoms with Gasteiger partial charge in [0.2, 0.25) is 5.89 Å². The number of nitrogens with zero attached hydrogens (tertiary/aromatic N) is 2. The van der Waals surface area contributed by atoms with Crippen molar-refractivity contribution in [2.75, 3.05) is 0 Å². The third kappa shape index (κ3) is 4.82. The summed E-state index contributed by atoms with van der Waals surface area (Å²) in [5, 5.41) is 12.2. The van der Waals surface area contributed by atoms with E-state index in [0.29, 0.717) is 11.8 Å². The highest BCUT2D eigenvalue weighted by molar-refractivity contribution is 5.88. The predicted molar refractivity (Wildman–Crippen MR) is 78.2 cm³/mol. The molecule has 2 rings (SSSR count). The van der Waals surface area contributed by atoms with E-state index in [9.17, 15) is 9.59 Å². The maximum atomic E-state index is 11.0. The first kappa shape index (κ1) is 16.5. The van der Waals surface area contributed by atoms with E-state index >= 15 is 0 Å². The normalized spacial score (nSPS) is 21.6. The average molecular weight is 309 g/mol. The van der Waals surface area contributed by atoms with Gasteiger partial charge in [0, 0.05) is 12.3 Å². The third-order valence-electron chi connectivity index (χ3n) is 4.30. The highest BCUT2D eigenvalue weighted by atomic mass is 16.5. The number of hydrogen-bond donors (Lipinski definition) is 2. The summed E-state index contributed by atoms with van der Waals surface area (Å²) in [6, 6.07) is 0. The lowest BCUT2D eigenvalue weighted by atomic mass is 9.79. The number of unbranched alkanes of at least 4 members (excludes halogenated alkanes) is 2. The average Bonchev–Trinajstić information content (AvgIpc) is 2.97. The zero-order valence-corrected chi connectivity index (χ0v) is 12.7. The highest BCUT2D eigenvalue weighted by Crippen LogP contribution is 2.37. The molecule has 0 bridgehead atoms. The summed E-state index contributed by atoms with van der Waals surface area (Å²) in [6.07, 6.45) is 8.40. The Balaban J connectivity index is 1.76. The molecule has 22 heavy (non-hydrogen) atoms. The van der Waals surface area contributed by atoms with Gasteiger partial charge in [-0.1, -0.05) is 37.3 Å². The van der Waals surface area contributed by atoms with E-state index < -0.39 is 11.9 Å². The molecule has 0 aliphatic heterocycles. The van der Waals surface area contributed by atoms with Crippen molar-refractivity contribution in [3.63, 3.8) is 0 Å². The van der Waals surface area contributed by atoms with Crippen LogP contribution in [0.2, 0.25) is 0 Å². The molecule has 7 heteroatoms. The summed E-state index contributed by atoms with van der Waals surface area (Å²) in [7, 11) is 0. The van der Waals surface area contributed by atoms with Crippen LogP contribution >= 0.6 is 0 Å². The lowest BCUT2D eigenvalue weighted by molar-refractivity contribution is -0.137. The van der Waals surface area contributed by atoms with Crippen LogP contribution in [0.4, 0.5) is 0 Å². The smallest absolute Gasteiger partial charge is 0.303 e. The van der Waals surface area contributed by atoms with Gasteiger partial charge in [-0.15, -0.1) is 0 Å². The fraction of sp³-hybridized carbons (Fsp3) is 0.733. The number of rotatable bonds is 8. The second-order valence-electron chi connectivity index (χ2n) is 6.04. The summed E-state index contributed by atoms with van der Waals surface area (Å²) in [4.78, 5) is 25.5. The Labute approximate surface area is 129 Å². The van der Waals surface area contributed by atoms with Crippen LogP contribution in [0.25, 0.3) is 0 Å². The molecular weight excluding hydrogens is 286 g/mol. The fourth-order valence-corrected chi connectivity index (χ4v) is 3.16. The number of hydrogen-bond acceptors (Lipinski definition) is 5. The molecule has 2 atom stereocenters. The number of primary amides is 1. The molecule has 1 aliphatic carbocycles. The number of carbonyl (C=O) groups is 2. The third-order valence-corrected chi connectivity index (χ3v) is 4.30. The van der Waals surface area contributed by atoms with Crippen LogP contribution in [0.5, 0.6) is 0 Å². The first-order valence-electron chi connectivity index (χ1n) is 7.91. The Kier molecular flexibility index (Phi) is 5.91. The van der Waals surface area contributed by atoms with Crippen molar-refractivity contribution in [3.8, 4) is 0 Å². The van der Waals surface area contributed by atoms with Crippen molar-refractivity contribution < 1.29 is 19.2 Å². The van der Waals surface area contributed by atoms with Gasteiger partial charge in [-0.2, -0.15) is 4.98 Å². The molecule has 1 aromatic rings. The van der Waals surface area contributed by atoms with Crippen molar-refractivity contribution >= 4 is 11.9 Å². The van der Waals surface area contributed by atoms with Gasteiger partial charge < -0.3 is 15.4 Å². The zero-order valence-electron chi connectivity index (χ0n) is 12.7. The summed E-state index contributed by atoms with van der Waals surface area (Å²) >= 11 is 0.